The van der Waals surface area contributed by atoms with E-state index in [1.165, 1.54) is 35.0 Å². The standard InChI is InChI=1S/C16H26BrN3/c1-18-10-13-6-7-14(16(17)9-13)11-19(2)12-15-5-4-8-20(15)3/h6-7,9,15,18H,4-5,8,10-12H2,1-3H3. The lowest BCUT2D eigenvalue weighted by molar-refractivity contribution is 0.215. The summed E-state index contributed by atoms with van der Waals surface area (Å²) in [5.41, 5.74) is 2.69. The Balaban J connectivity index is 1.91. The van der Waals surface area contributed by atoms with Gasteiger partial charge in [-0.05, 0) is 57.7 Å². The van der Waals surface area contributed by atoms with Crippen LogP contribution < -0.4 is 5.32 Å². The molecule has 0 saturated carbocycles. The molecule has 1 saturated heterocycles. The molecule has 2 rings (SSSR count). The van der Waals surface area contributed by atoms with Crippen molar-refractivity contribution in [3.63, 3.8) is 0 Å². The Kier molecular flexibility index (Phi) is 6.02. The Hall–Kier alpha value is -0.420. The summed E-state index contributed by atoms with van der Waals surface area (Å²) in [6, 6.07) is 7.40. The molecule has 1 aromatic rings. The van der Waals surface area contributed by atoms with Gasteiger partial charge in [-0.25, -0.2) is 0 Å². The smallest absolute Gasteiger partial charge is 0.0242 e. The second kappa shape index (κ2) is 7.55. The van der Waals surface area contributed by atoms with Gasteiger partial charge in [0.2, 0.25) is 0 Å². The highest BCUT2D eigenvalue weighted by atomic mass is 79.9. The van der Waals surface area contributed by atoms with Crippen molar-refractivity contribution < 1.29 is 0 Å². The first kappa shape index (κ1) is 16.0. The molecule has 0 spiro atoms. The summed E-state index contributed by atoms with van der Waals surface area (Å²) in [6.07, 6.45) is 2.68. The number of rotatable bonds is 6. The van der Waals surface area contributed by atoms with Gasteiger partial charge in [-0.1, -0.05) is 28.1 Å². The van der Waals surface area contributed by atoms with Crippen molar-refractivity contribution in [1.82, 2.24) is 15.1 Å². The van der Waals surface area contributed by atoms with Crippen molar-refractivity contribution in [2.75, 3.05) is 34.2 Å². The molecule has 1 aromatic carbocycles. The van der Waals surface area contributed by atoms with Crippen LogP contribution in [-0.2, 0) is 13.1 Å². The molecule has 1 aliphatic rings. The first-order valence-corrected chi connectivity index (χ1v) is 8.20. The number of likely N-dealkylation sites (tertiary alicyclic amines) is 1. The van der Waals surface area contributed by atoms with Crippen molar-refractivity contribution in [2.24, 2.45) is 0 Å². The lowest BCUT2D eigenvalue weighted by Crippen LogP contribution is -2.36. The van der Waals surface area contributed by atoms with Crippen molar-refractivity contribution in [2.45, 2.75) is 32.0 Å². The summed E-state index contributed by atoms with van der Waals surface area (Å²) in [6.45, 7) is 4.33. The number of halogens is 1. The van der Waals surface area contributed by atoms with Crippen molar-refractivity contribution in [3.05, 3.63) is 33.8 Å². The summed E-state index contributed by atoms with van der Waals surface area (Å²) in [5.74, 6) is 0. The monoisotopic (exact) mass is 339 g/mol. The fraction of sp³-hybridized carbons (Fsp3) is 0.625. The average Bonchev–Trinajstić information content (AvgIpc) is 2.79. The summed E-state index contributed by atoms with van der Waals surface area (Å²) >= 11 is 3.71. The molecule has 112 valence electrons. The molecule has 0 bridgehead atoms. The van der Waals surface area contributed by atoms with Gasteiger partial charge in [0.25, 0.3) is 0 Å². The van der Waals surface area contributed by atoms with E-state index in [4.69, 9.17) is 0 Å². The molecule has 4 heteroatoms. The Morgan fingerprint density at radius 3 is 2.85 bits per heavy atom. The Bertz CT molecular complexity index is 436. The first-order valence-electron chi connectivity index (χ1n) is 7.41. The highest BCUT2D eigenvalue weighted by Gasteiger charge is 2.22. The summed E-state index contributed by atoms with van der Waals surface area (Å²) in [4.78, 5) is 4.92. The molecule has 0 aliphatic carbocycles. The highest BCUT2D eigenvalue weighted by Crippen LogP contribution is 2.21. The van der Waals surface area contributed by atoms with E-state index in [0.29, 0.717) is 0 Å². The van der Waals surface area contributed by atoms with Gasteiger partial charge in [0.05, 0.1) is 0 Å². The molecule has 0 radical (unpaired) electrons. The molecule has 0 amide bonds. The summed E-state index contributed by atoms with van der Waals surface area (Å²) in [5, 5.41) is 3.19. The Morgan fingerprint density at radius 1 is 1.45 bits per heavy atom. The maximum Gasteiger partial charge on any atom is 0.0242 e. The predicted octanol–water partition coefficient (Wildman–Crippen LogP) is 2.69. The van der Waals surface area contributed by atoms with Crippen LogP contribution in [0.4, 0.5) is 0 Å². The van der Waals surface area contributed by atoms with Crippen molar-refractivity contribution in [3.8, 4) is 0 Å². The zero-order valence-electron chi connectivity index (χ0n) is 12.8. The van der Waals surface area contributed by atoms with E-state index in [0.717, 1.165) is 25.7 Å². The minimum absolute atomic E-state index is 0.724. The van der Waals surface area contributed by atoms with Gasteiger partial charge in [-0.15, -0.1) is 0 Å². The van der Waals surface area contributed by atoms with E-state index in [9.17, 15) is 0 Å². The molecular weight excluding hydrogens is 314 g/mol. The number of hydrogen-bond acceptors (Lipinski definition) is 3. The summed E-state index contributed by atoms with van der Waals surface area (Å²) in [7, 11) is 6.45. The van der Waals surface area contributed by atoms with Crippen molar-refractivity contribution >= 4 is 15.9 Å². The zero-order chi connectivity index (χ0) is 14.5. The SMILES string of the molecule is CNCc1ccc(CN(C)CC2CCCN2C)c(Br)c1. The minimum Gasteiger partial charge on any atom is -0.316 e. The van der Waals surface area contributed by atoms with Crippen LogP contribution in [0.3, 0.4) is 0 Å². The molecule has 1 aliphatic heterocycles. The van der Waals surface area contributed by atoms with E-state index < -0.39 is 0 Å². The highest BCUT2D eigenvalue weighted by molar-refractivity contribution is 9.10. The van der Waals surface area contributed by atoms with Gasteiger partial charge < -0.3 is 15.1 Å². The topological polar surface area (TPSA) is 18.5 Å². The van der Waals surface area contributed by atoms with Crippen LogP contribution in [0.2, 0.25) is 0 Å². The van der Waals surface area contributed by atoms with E-state index in [-0.39, 0.29) is 0 Å². The van der Waals surface area contributed by atoms with E-state index in [1.807, 2.05) is 7.05 Å². The Labute approximate surface area is 131 Å². The molecule has 1 fully saturated rings. The van der Waals surface area contributed by atoms with Crippen LogP contribution in [0, 0.1) is 0 Å². The maximum absolute atomic E-state index is 3.71. The largest absolute Gasteiger partial charge is 0.316 e. The van der Waals surface area contributed by atoms with E-state index in [1.54, 1.807) is 0 Å². The fourth-order valence-corrected chi connectivity index (χ4v) is 3.51. The summed E-state index contributed by atoms with van der Waals surface area (Å²) < 4.78 is 1.22. The van der Waals surface area contributed by atoms with Crippen LogP contribution in [0.15, 0.2) is 22.7 Å². The maximum atomic E-state index is 3.71. The van der Waals surface area contributed by atoms with Crippen LogP contribution in [0.1, 0.15) is 24.0 Å². The lowest BCUT2D eigenvalue weighted by Gasteiger charge is -2.26. The molecule has 1 atom stereocenters. The van der Waals surface area contributed by atoms with Gasteiger partial charge in [-0.2, -0.15) is 0 Å². The number of benzene rings is 1. The van der Waals surface area contributed by atoms with Crippen LogP contribution in [-0.4, -0.2) is 50.1 Å². The third-order valence-electron chi connectivity index (χ3n) is 4.13. The molecule has 0 aromatic heterocycles. The predicted molar refractivity (Wildman–Crippen MR) is 88.9 cm³/mol. The Morgan fingerprint density at radius 2 is 2.25 bits per heavy atom. The quantitative estimate of drug-likeness (QED) is 0.859. The molecule has 20 heavy (non-hydrogen) atoms. The molecule has 1 unspecified atom stereocenters. The number of nitrogens with zero attached hydrogens (tertiary/aromatic N) is 2. The normalized spacial score (nSPS) is 19.9. The van der Waals surface area contributed by atoms with Crippen LogP contribution in [0.5, 0.6) is 0 Å². The van der Waals surface area contributed by atoms with Gasteiger partial charge in [0.15, 0.2) is 0 Å². The third kappa shape index (κ3) is 4.29. The van der Waals surface area contributed by atoms with Gasteiger partial charge >= 0.3 is 0 Å². The average molecular weight is 340 g/mol. The third-order valence-corrected chi connectivity index (χ3v) is 4.87. The molecule has 1 heterocycles. The number of nitrogens with one attached hydrogen (secondary N) is 1. The number of likely N-dealkylation sites (N-methyl/N-ethyl adjacent to an activating group) is 2. The molecule has 3 nitrogen and oxygen atoms in total. The van der Waals surface area contributed by atoms with Crippen molar-refractivity contribution in [1.29, 1.82) is 0 Å². The minimum atomic E-state index is 0.724. The van der Waals surface area contributed by atoms with Gasteiger partial charge in [0, 0.05) is 30.1 Å². The van der Waals surface area contributed by atoms with Crippen LogP contribution in [0.25, 0.3) is 0 Å². The molecular formula is C16H26BrN3. The number of hydrogen-bond donors (Lipinski definition) is 1. The van der Waals surface area contributed by atoms with Crippen LogP contribution >= 0.6 is 15.9 Å². The van der Waals surface area contributed by atoms with E-state index in [2.05, 4.69) is 63.3 Å². The van der Waals surface area contributed by atoms with E-state index >= 15 is 0 Å². The second-order valence-electron chi connectivity index (χ2n) is 5.93. The second-order valence-corrected chi connectivity index (χ2v) is 6.78. The van der Waals surface area contributed by atoms with Gasteiger partial charge in [-0.3, -0.25) is 0 Å². The molecule has 1 N–H and O–H groups in total. The lowest BCUT2D eigenvalue weighted by atomic mass is 10.1. The zero-order valence-corrected chi connectivity index (χ0v) is 14.4. The van der Waals surface area contributed by atoms with Gasteiger partial charge in [0.1, 0.15) is 0 Å². The first-order chi connectivity index (χ1) is 9.60. The fourth-order valence-electron chi connectivity index (χ4n) is 2.96.